The molecule has 39 heavy (non-hydrogen) atoms. The molecule has 3 heterocycles. The van der Waals surface area contributed by atoms with Gasteiger partial charge in [0, 0.05) is 11.5 Å². The SMILES string of the molecule is CC(C)(C)c1cc(NC(=O)Nc2ccc(Oc3cccc4[nH]ncc34)c3c2OCC=C3)n(-c2ccccc2)n1. The van der Waals surface area contributed by atoms with Gasteiger partial charge in [0.2, 0.25) is 0 Å². The second kappa shape index (κ2) is 9.68. The molecule has 1 aliphatic rings. The number of fused-ring (bicyclic) bond motifs is 2. The number of benzene rings is 3. The van der Waals surface area contributed by atoms with Crippen LogP contribution in [-0.2, 0) is 5.41 Å². The zero-order valence-corrected chi connectivity index (χ0v) is 21.9. The number of rotatable bonds is 5. The molecular weight excluding hydrogens is 492 g/mol. The number of hydrogen-bond acceptors (Lipinski definition) is 5. The summed E-state index contributed by atoms with van der Waals surface area (Å²) in [5, 5.41) is 18.6. The number of hydrogen-bond donors (Lipinski definition) is 3. The number of para-hydroxylation sites is 1. The first-order valence-corrected chi connectivity index (χ1v) is 12.7. The van der Waals surface area contributed by atoms with E-state index in [4.69, 9.17) is 14.6 Å². The molecule has 5 aromatic rings. The number of urea groups is 1. The molecule has 0 aliphatic carbocycles. The fraction of sp³-hybridized carbons (Fsp3) is 0.167. The van der Waals surface area contributed by atoms with E-state index in [1.807, 2.05) is 72.8 Å². The van der Waals surface area contributed by atoms with Gasteiger partial charge in [-0.3, -0.25) is 10.4 Å². The highest BCUT2D eigenvalue weighted by molar-refractivity contribution is 6.01. The van der Waals surface area contributed by atoms with E-state index >= 15 is 0 Å². The predicted molar refractivity (Wildman–Crippen MR) is 152 cm³/mol. The lowest BCUT2D eigenvalue weighted by molar-refractivity contribution is 0.261. The van der Waals surface area contributed by atoms with Crippen LogP contribution in [0.5, 0.6) is 17.2 Å². The van der Waals surface area contributed by atoms with E-state index < -0.39 is 6.03 Å². The lowest BCUT2D eigenvalue weighted by Crippen LogP contribution is -2.22. The zero-order valence-electron chi connectivity index (χ0n) is 21.9. The highest BCUT2D eigenvalue weighted by Crippen LogP contribution is 2.41. The molecule has 3 aromatic carbocycles. The van der Waals surface area contributed by atoms with Crippen molar-refractivity contribution in [1.29, 1.82) is 0 Å². The van der Waals surface area contributed by atoms with Crippen molar-refractivity contribution in [3.8, 4) is 22.9 Å². The molecule has 0 atom stereocenters. The number of amides is 2. The van der Waals surface area contributed by atoms with Crippen LogP contribution in [0, 0.1) is 0 Å². The Morgan fingerprint density at radius 2 is 1.87 bits per heavy atom. The number of nitrogens with one attached hydrogen (secondary N) is 3. The fourth-order valence-corrected chi connectivity index (χ4v) is 4.40. The number of aromatic amines is 1. The average Bonchev–Trinajstić information content (AvgIpc) is 3.59. The van der Waals surface area contributed by atoms with E-state index in [1.165, 1.54) is 0 Å². The van der Waals surface area contributed by atoms with E-state index in [9.17, 15) is 4.79 Å². The topological polar surface area (TPSA) is 106 Å². The summed E-state index contributed by atoms with van der Waals surface area (Å²) in [6.45, 7) is 6.65. The van der Waals surface area contributed by atoms with Crippen LogP contribution in [0.15, 0.2) is 79.0 Å². The lowest BCUT2D eigenvalue weighted by atomic mass is 9.92. The van der Waals surface area contributed by atoms with Gasteiger partial charge in [-0.1, -0.05) is 45.0 Å². The van der Waals surface area contributed by atoms with E-state index in [2.05, 4.69) is 41.6 Å². The zero-order chi connectivity index (χ0) is 27.0. The summed E-state index contributed by atoms with van der Waals surface area (Å²) in [7, 11) is 0. The number of carbonyl (C=O) groups is 1. The van der Waals surface area contributed by atoms with E-state index in [-0.39, 0.29) is 5.41 Å². The third-order valence-corrected chi connectivity index (χ3v) is 6.40. The second-order valence-electron chi connectivity index (χ2n) is 10.2. The summed E-state index contributed by atoms with van der Waals surface area (Å²) in [4.78, 5) is 13.2. The Morgan fingerprint density at radius 3 is 2.69 bits per heavy atom. The fourth-order valence-electron chi connectivity index (χ4n) is 4.40. The molecule has 3 N–H and O–H groups in total. The summed E-state index contributed by atoms with van der Waals surface area (Å²) < 4.78 is 14.0. The van der Waals surface area contributed by atoms with Crippen LogP contribution >= 0.6 is 0 Å². The molecular formula is C30H28N6O3. The molecule has 2 amide bonds. The van der Waals surface area contributed by atoms with Gasteiger partial charge in [-0.25, -0.2) is 9.48 Å². The quantitative estimate of drug-likeness (QED) is 0.234. The number of ether oxygens (including phenoxy) is 2. The first-order valence-electron chi connectivity index (χ1n) is 12.7. The van der Waals surface area contributed by atoms with Gasteiger partial charge in [0.05, 0.1) is 39.7 Å². The van der Waals surface area contributed by atoms with Crippen molar-refractivity contribution in [2.45, 2.75) is 26.2 Å². The van der Waals surface area contributed by atoms with Gasteiger partial charge in [0.1, 0.15) is 23.9 Å². The van der Waals surface area contributed by atoms with Gasteiger partial charge in [-0.15, -0.1) is 0 Å². The molecule has 2 aromatic heterocycles. The molecule has 1 aliphatic heterocycles. The van der Waals surface area contributed by atoms with Crippen LogP contribution in [0.2, 0.25) is 0 Å². The molecule has 0 radical (unpaired) electrons. The van der Waals surface area contributed by atoms with Crippen LogP contribution in [0.25, 0.3) is 22.7 Å². The van der Waals surface area contributed by atoms with Gasteiger partial charge in [-0.05, 0) is 48.6 Å². The lowest BCUT2D eigenvalue weighted by Gasteiger charge is -2.20. The molecule has 0 spiro atoms. The molecule has 0 bridgehead atoms. The second-order valence-corrected chi connectivity index (χ2v) is 10.2. The van der Waals surface area contributed by atoms with Crippen molar-refractivity contribution >= 4 is 34.5 Å². The number of carbonyl (C=O) groups excluding carboxylic acids is 1. The molecule has 0 saturated heterocycles. The monoisotopic (exact) mass is 520 g/mol. The molecule has 0 unspecified atom stereocenters. The van der Waals surface area contributed by atoms with Gasteiger partial charge in [-0.2, -0.15) is 10.2 Å². The maximum Gasteiger partial charge on any atom is 0.324 e. The largest absolute Gasteiger partial charge is 0.487 e. The highest BCUT2D eigenvalue weighted by atomic mass is 16.5. The first kappa shape index (κ1) is 24.3. The van der Waals surface area contributed by atoms with Gasteiger partial charge >= 0.3 is 6.03 Å². The summed E-state index contributed by atoms with van der Waals surface area (Å²) in [5.41, 5.74) is 3.67. The van der Waals surface area contributed by atoms with Crippen LogP contribution in [0.3, 0.4) is 0 Å². The Labute approximate surface area is 225 Å². The average molecular weight is 521 g/mol. The van der Waals surface area contributed by atoms with E-state index in [1.54, 1.807) is 16.9 Å². The smallest absolute Gasteiger partial charge is 0.324 e. The maximum absolute atomic E-state index is 13.2. The van der Waals surface area contributed by atoms with Gasteiger partial charge in [0.25, 0.3) is 0 Å². The summed E-state index contributed by atoms with van der Waals surface area (Å²) in [6.07, 6.45) is 5.58. The standard InChI is InChI=1S/C30H28N6O3/c1-30(2,3)26-17-27(36(35-26)19-9-5-4-6-10-19)33-29(37)32-23-14-15-25(20-11-8-16-38-28(20)23)39-24-13-7-12-22-21(24)18-31-34-22/h4-15,17-18H,16H2,1-3H3,(H,31,34)(H2,32,33,37). The Kier molecular flexibility index (Phi) is 6.03. The minimum absolute atomic E-state index is 0.192. The Morgan fingerprint density at radius 1 is 1.03 bits per heavy atom. The summed E-state index contributed by atoms with van der Waals surface area (Å²) in [5.74, 6) is 2.38. The third kappa shape index (κ3) is 4.82. The van der Waals surface area contributed by atoms with Crippen LogP contribution in [0.4, 0.5) is 16.3 Å². The molecule has 196 valence electrons. The number of nitrogens with zero attached hydrogens (tertiary/aromatic N) is 3. The number of aromatic nitrogens is 4. The van der Waals surface area contributed by atoms with Crippen molar-refractivity contribution in [3.05, 3.63) is 90.3 Å². The summed E-state index contributed by atoms with van der Waals surface area (Å²) in [6, 6.07) is 20.5. The van der Waals surface area contributed by atoms with E-state index in [0.29, 0.717) is 35.4 Å². The normalized spacial score (nSPS) is 12.6. The van der Waals surface area contributed by atoms with Crippen LogP contribution in [0.1, 0.15) is 32.0 Å². The molecule has 6 rings (SSSR count). The minimum atomic E-state index is -0.412. The molecule has 0 fully saturated rings. The van der Waals surface area contributed by atoms with Gasteiger partial charge in [0.15, 0.2) is 5.75 Å². The van der Waals surface area contributed by atoms with Crippen molar-refractivity contribution in [1.82, 2.24) is 20.0 Å². The third-order valence-electron chi connectivity index (χ3n) is 6.40. The number of H-pyrrole nitrogens is 1. The first-order chi connectivity index (χ1) is 18.9. The Balaban J connectivity index is 1.28. The van der Waals surface area contributed by atoms with Crippen molar-refractivity contribution in [2.75, 3.05) is 17.2 Å². The van der Waals surface area contributed by atoms with Crippen molar-refractivity contribution in [2.24, 2.45) is 0 Å². The predicted octanol–water partition coefficient (Wildman–Crippen LogP) is 6.89. The number of anilines is 2. The molecule has 9 heteroatoms. The van der Waals surface area contributed by atoms with E-state index in [0.717, 1.165) is 27.8 Å². The van der Waals surface area contributed by atoms with Crippen molar-refractivity contribution < 1.29 is 14.3 Å². The van der Waals surface area contributed by atoms with Crippen molar-refractivity contribution in [3.63, 3.8) is 0 Å². The minimum Gasteiger partial charge on any atom is -0.487 e. The van der Waals surface area contributed by atoms with Crippen LogP contribution < -0.4 is 20.1 Å². The molecule has 9 nitrogen and oxygen atoms in total. The highest BCUT2D eigenvalue weighted by Gasteiger charge is 2.23. The summed E-state index contributed by atoms with van der Waals surface area (Å²) >= 11 is 0. The maximum atomic E-state index is 13.2. The Hall–Kier alpha value is -5.05. The van der Waals surface area contributed by atoms with Crippen LogP contribution in [-0.4, -0.2) is 32.6 Å². The Bertz CT molecular complexity index is 1700. The molecule has 0 saturated carbocycles. The van der Waals surface area contributed by atoms with Gasteiger partial charge < -0.3 is 14.8 Å².